The van der Waals surface area contributed by atoms with Crippen molar-refractivity contribution in [3.05, 3.63) is 28.2 Å². The molecule has 2 rings (SSSR count). The number of benzene rings is 1. The van der Waals surface area contributed by atoms with E-state index in [1.807, 2.05) is 19.9 Å². The molecule has 1 aliphatic carbocycles. The second kappa shape index (κ2) is 9.06. The van der Waals surface area contributed by atoms with Crippen LogP contribution in [0.15, 0.2) is 22.7 Å². The van der Waals surface area contributed by atoms with Crippen LogP contribution in [0.1, 0.15) is 56.3 Å². The summed E-state index contributed by atoms with van der Waals surface area (Å²) in [6.07, 6.45) is 5.11. The quantitative estimate of drug-likeness (QED) is 0.743. The minimum atomic E-state index is -0.376. The van der Waals surface area contributed by atoms with Crippen molar-refractivity contribution in [3.63, 3.8) is 0 Å². The van der Waals surface area contributed by atoms with Gasteiger partial charge in [0.1, 0.15) is 5.75 Å². The fraction of sp³-hybridized carbons (Fsp3) is 0.556. The number of hydrazine groups is 1. The van der Waals surface area contributed by atoms with E-state index in [0.29, 0.717) is 23.8 Å². The van der Waals surface area contributed by atoms with Gasteiger partial charge in [0.15, 0.2) is 0 Å². The summed E-state index contributed by atoms with van der Waals surface area (Å²) in [5, 5.41) is 0. The highest BCUT2D eigenvalue weighted by molar-refractivity contribution is 9.10. The molecule has 1 aromatic carbocycles. The van der Waals surface area contributed by atoms with Gasteiger partial charge < -0.3 is 4.74 Å². The van der Waals surface area contributed by atoms with Crippen LogP contribution in [-0.2, 0) is 4.79 Å². The van der Waals surface area contributed by atoms with Crippen LogP contribution in [0.3, 0.4) is 0 Å². The second-order valence-electron chi connectivity index (χ2n) is 6.62. The molecule has 0 heterocycles. The van der Waals surface area contributed by atoms with Crippen LogP contribution in [-0.4, -0.2) is 18.4 Å². The molecule has 0 unspecified atom stereocenters. The molecule has 0 saturated heterocycles. The molecule has 1 aliphatic rings. The van der Waals surface area contributed by atoms with Gasteiger partial charge in [-0.2, -0.15) is 0 Å². The van der Waals surface area contributed by atoms with E-state index >= 15 is 0 Å². The maximum absolute atomic E-state index is 12.4. The molecule has 0 radical (unpaired) electrons. The van der Waals surface area contributed by atoms with E-state index in [-0.39, 0.29) is 17.7 Å². The molecule has 2 N–H and O–H groups in total. The van der Waals surface area contributed by atoms with Gasteiger partial charge in [-0.15, -0.1) is 0 Å². The van der Waals surface area contributed by atoms with Crippen molar-refractivity contribution in [2.45, 2.75) is 46.0 Å². The molecule has 0 aliphatic heterocycles. The molecule has 0 spiro atoms. The molecule has 6 heteroatoms. The third-order valence-corrected chi connectivity index (χ3v) is 4.53. The van der Waals surface area contributed by atoms with Crippen LogP contribution in [0.25, 0.3) is 0 Å². The number of amides is 2. The van der Waals surface area contributed by atoms with Crippen LogP contribution in [0.2, 0.25) is 0 Å². The van der Waals surface area contributed by atoms with Gasteiger partial charge in [0.2, 0.25) is 5.91 Å². The molecular formula is C18H25BrN2O3. The van der Waals surface area contributed by atoms with Gasteiger partial charge in [0.05, 0.1) is 12.2 Å². The van der Waals surface area contributed by atoms with E-state index < -0.39 is 0 Å². The van der Waals surface area contributed by atoms with Gasteiger partial charge >= 0.3 is 0 Å². The van der Waals surface area contributed by atoms with Crippen LogP contribution >= 0.6 is 15.9 Å². The standard InChI is InChI=1S/C18H25BrN2O3/c1-12(2)11-24-16-9-8-14(19)10-15(16)18(23)21-20-17(22)13-6-4-3-5-7-13/h8-10,12-13H,3-7,11H2,1-2H3,(H,20,22)(H,21,23). The predicted molar refractivity (Wildman–Crippen MR) is 96.7 cm³/mol. The topological polar surface area (TPSA) is 67.4 Å². The summed E-state index contributed by atoms with van der Waals surface area (Å²) in [4.78, 5) is 24.6. The van der Waals surface area contributed by atoms with Crippen LogP contribution < -0.4 is 15.6 Å². The van der Waals surface area contributed by atoms with Gasteiger partial charge in [0.25, 0.3) is 5.91 Å². The summed E-state index contributed by atoms with van der Waals surface area (Å²) in [6, 6.07) is 5.27. The maximum Gasteiger partial charge on any atom is 0.273 e. The highest BCUT2D eigenvalue weighted by Gasteiger charge is 2.22. The Morgan fingerprint density at radius 2 is 1.92 bits per heavy atom. The Bertz CT molecular complexity index is 584. The Hall–Kier alpha value is -1.56. The van der Waals surface area contributed by atoms with E-state index in [1.165, 1.54) is 6.42 Å². The molecule has 0 aromatic heterocycles. The van der Waals surface area contributed by atoms with E-state index in [2.05, 4.69) is 26.8 Å². The molecule has 132 valence electrons. The molecular weight excluding hydrogens is 372 g/mol. The fourth-order valence-corrected chi connectivity index (χ4v) is 3.08. The number of halogens is 1. The Morgan fingerprint density at radius 3 is 2.58 bits per heavy atom. The highest BCUT2D eigenvalue weighted by atomic mass is 79.9. The lowest BCUT2D eigenvalue weighted by atomic mass is 9.89. The van der Waals surface area contributed by atoms with Crippen molar-refractivity contribution >= 4 is 27.7 Å². The summed E-state index contributed by atoms with van der Waals surface area (Å²) < 4.78 is 6.48. The van der Waals surface area contributed by atoms with Gasteiger partial charge in [-0.3, -0.25) is 20.4 Å². The third kappa shape index (κ3) is 5.51. The number of hydrogen-bond acceptors (Lipinski definition) is 3. The molecule has 1 saturated carbocycles. The molecule has 1 fully saturated rings. The van der Waals surface area contributed by atoms with Crippen LogP contribution in [0.4, 0.5) is 0 Å². The zero-order valence-corrected chi connectivity index (χ0v) is 15.8. The zero-order valence-electron chi connectivity index (χ0n) is 14.2. The average Bonchev–Trinajstić information content (AvgIpc) is 2.58. The number of carbonyl (C=O) groups is 2. The fourth-order valence-electron chi connectivity index (χ4n) is 2.71. The Labute approximate surface area is 151 Å². The lowest BCUT2D eigenvalue weighted by Gasteiger charge is -2.21. The third-order valence-electron chi connectivity index (χ3n) is 4.03. The minimum Gasteiger partial charge on any atom is -0.492 e. The molecule has 0 bridgehead atoms. The Balaban J connectivity index is 1.97. The number of carbonyl (C=O) groups excluding carboxylic acids is 2. The molecule has 2 amide bonds. The van der Waals surface area contributed by atoms with Crippen molar-refractivity contribution in [1.29, 1.82) is 0 Å². The maximum atomic E-state index is 12.4. The normalized spacial score (nSPS) is 15.2. The predicted octanol–water partition coefficient (Wildman–Crippen LogP) is 3.83. The lowest BCUT2D eigenvalue weighted by Crippen LogP contribution is -2.45. The van der Waals surface area contributed by atoms with E-state index in [9.17, 15) is 9.59 Å². The number of rotatable bonds is 5. The van der Waals surface area contributed by atoms with E-state index in [0.717, 1.165) is 30.2 Å². The largest absolute Gasteiger partial charge is 0.492 e. The number of nitrogens with one attached hydrogen (secondary N) is 2. The Kier molecular flexibility index (Phi) is 7.09. The van der Waals surface area contributed by atoms with Crippen LogP contribution in [0.5, 0.6) is 5.75 Å². The van der Waals surface area contributed by atoms with Crippen molar-refractivity contribution in [1.82, 2.24) is 10.9 Å². The summed E-state index contributed by atoms with van der Waals surface area (Å²) in [7, 11) is 0. The summed E-state index contributed by atoms with van der Waals surface area (Å²) in [6.45, 7) is 4.61. The second-order valence-corrected chi connectivity index (χ2v) is 7.54. The first-order chi connectivity index (χ1) is 11.5. The molecule has 1 aromatic rings. The molecule has 0 atom stereocenters. The number of ether oxygens (including phenoxy) is 1. The first kappa shape index (κ1) is 18.8. The Morgan fingerprint density at radius 1 is 1.21 bits per heavy atom. The van der Waals surface area contributed by atoms with Crippen molar-refractivity contribution in [2.75, 3.05) is 6.61 Å². The zero-order chi connectivity index (χ0) is 17.5. The highest BCUT2D eigenvalue weighted by Crippen LogP contribution is 2.25. The van der Waals surface area contributed by atoms with Gasteiger partial charge in [-0.1, -0.05) is 49.0 Å². The van der Waals surface area contributed by atoms with Gasteiger partial charge in [0, 0.05) is 10.4 Å². The van der Waals surface area contributed by atoms with Crippen molar-refractivity contribution in [3.8, 4) is 5.75 Å². The van der Waals surface area contributed by atoms with Gasteiger partial charge in [-0.05, 0) is 37.0 Å². The minimum absolute atomic E-state index is 0.00165. The van der Waals surface area contributed by atoms with E-state index in [4.69, 9.17) is 4.74 Å². The smallest absolute Gasteiger partial charge is 0.273 e. The van der Waals surface area contributed by atoms with E-state index in [1.54, 1.807) is 12.1 Å². The lowest BCUT2D eigenvalue weighted by molar-refractivity contribution is -0.126. The number of hydrogen-bond donors (Lipinski definition) is 2. The average molecular weight is 397 g/mol. The van der Waals surface area contributed by atoms with Crippen molar-refractivity contribution < 1.29 is 14.3 Å². The first-order valence-electron chi connectivity index (χ1n) is 8.50. The molecule has 5 nitrogen and oxygen atoms in total. The van der Waals surface area contributed by atoms with Crippen LogP contribution in [0, 0.1) is 11.8 Å². The monoisotopic (exact) mass is 396 g/mol. The summed E-state index contributed by atoms with van der Waals surface area (Å²) in [5.41, 5.74) is 5.46. The van der Waals surface area contributed by atoms with Gasteiger partial charge in [-0.25, -0.2) is 0 Å². The summed E-state index contributed by atoms with van der Waals surface area (Å²) >= 11 is 3.36. The molecule has 24 heavy (non-hydrogen) atoms. The summed E-state index contributed by atoms with van der Waals surface area (Å²) in [5.74, 6) is 0.381. The first-order valence-corrected chi connectivity index (χ1v) is 9.29. The SMILES string of the molecule is CC(C)COc1ccc(Br)cc1C(=O)NNC(=O)C1CCCCC1. The van der Waals surface area contributed by atoms with Crippen molar-refractivity contribution in [2.24, 2.45) is 11.8 Å².